The summed E-state index contributed by atoms with van der Waals surface area (Å²) in [5.74, 6) is 0.0883. The molecule has 3 rings (SSSR count). The lowest BCUT2D eigenvalue weighted by Crippen LogP contribution is -2.07. The van der Waals surface area contributed by atoms with Crippen LogP contribution in [0.5, 0.6) is 0 Å². The third kappa shape index (κ3) is 3.38. The second kappa shape index (κ2) is 6.80. The third-order valence-electron chi connectivity index (χ3n) is 4.01. The van der Waals surface area contributed by atoms with Crippen LogP contribution >= 0.6 is 23.2 Å². The van der Waals surface area contributed by atoms with Gasteiger partial charge in [0.05, 0.1) is 0 Å². The molecule has 3 heteroatoms. The molecule has 1 nitrogen and oxygen atoms in total. The average Bonchev–Trinajstić information content (AvgIpc) is 2.56. The van der Waals surface area contributed by atoms with E-state index in [2.05, 4.69) is 0 Å². The van der Waals surface area contributed by atoms with Gasteiger partial charge in [-0.25, -0.2) is 0 Å². The van der Waals surface area contributed by atoms with Crippen LogP contribution in [0, 0.1) is 0 Å². The minimum absolute atomic E-state index is 0.0883. The molecule has 2 aromatic carbocycles. The summed E-state index contributed by atoms with van der Waals surface area (Å²) >= 11 is 12.1. The molecule has 0 N–H and O–H groups in total. The van der Waals surface area contributed by atoms with Crippen LogP contribution in [0.4, 0.5) is 0 Å². The number of rotatable bonds is 2. The molecule has 0 amide bonds. The van der Waals surface area contributed by atoms with E-state index in [1.807, 2.05) is 74.5 Å². The number of carbonyl (C=O) groups is 1. The molecule has 0 spiro atoms. The molecule has 0 fully saturated rings. The van der Waals surface area contributed by atoms with Gasteiger partial charge in [-0.1, -0.05) is 47.5 Å². The van der Waals surface area contributed by atoms with Gasteiger partial charge in [-0.3, -0.25) is 4.79 Å². The van der Waals surface area contributed by atoms with Gasteiger partial charge in [0, 0.05) is 10.0 Å². The molecule has 0 saturated heterocycles. The normalized spacial score (nSPS) is 14.3. The predicted octanol–water partition coefficient (Wildman–Crippen LogP) is 6.27. The molecule has 120 valence electrons. The predicted molar refractivity (Wildman–Crippen MR) is 101 cm³/mol. The van der Waals surface area contributed by atoms with Crippen LogP contribution in [-0.2, 0) is 4.79 Å². The lowest BCUT2D eigenvalue weighted by Gasteiger charge is -2.17. The molecule has 0 aromatic heterocycles. The summed E-state index contributed by atoms with van der Waals surface area (Å²) in [5.41, 5.74) is 5.62. The van der Waals surface area contributed by atoms with Gasteiger partial charge in [0.1, 0.15) is 0 Å². The van der Waals surface area contributed by atoms with Crippen molar-refractivity contribution in [2.75, 3.05) is 0 Å². The van der Waals surface area contributed by atoms with E-state index in [0.717, 1.165) is 33.4 Å². The van der Waals surface area contributed by atoms with E-state index >= 15 is 0 Å². The zero-order valence-electron chi connectivity index (χ0n) is 13.4. The molecule has 0 heterocycles. The van der Waals surface area contributed by atoms with Crippen molar-refractivity contribution in [2.45, 2.75) is 13.8 Å². The van der Waals surface area contributed by atoms with Crippen LogP contribution in [0.25, 0.3) is 5.57 Å². The Morgan fingerprint density at radius 2 is 1.08 bits per heavy atom. The third-order valence-corrected chi connectivity index (χ3v) is 4.52. The zero-order valence-corrected chi connectivity index (χ0v) is 14.9. The fraction of sp³-hybridized carbons (Fsp3) is 0.0952. The van der Waals surface area contributed by atoms with Crippen LogP contribution in [0.2, 0.25) is 10.0 Å². The number of carbonyl (C=O) groups excluding carboxylic acids is 1. The van der Waals surface area contributed by atoms with Crippen molar-refractivity contribution in [3.05, 3.63) is 98.6 Å². The fourth-order valence-electron chi connectivity index (χ4n) is 2.83. The zero-order chi connectivity index (χ0) is 17.3. The standard InChI is InChI=1S/C21H16Cl2O/c1-13-11-17(12-14(2)21(13)24)20(15-3-7-18(22)8-4-15)16-5-9-19(23)10-6-16/h3-12H,1-2H3. The Labute approximate surface area is 151 Å². The Morgan fingerprint density at radius 3 is 1.46 bits per heavy atom. The Hall–Kier alpha value is -2.09. The van der Waals surface area contributed by atoms with Crippen molar-refractivity contribution >= 4 is 34.6 Å². The second-order valence-electron chi connectivity index (χ2n) is 5.83. The van der Waals surface area contributed by atoms with Crippen LogP contribution < -0.4 is 0 Å². The number of ketones is 1. The SMILES string of the molecule is CC1=CC(=C(c2ccc(Cl)cc2)c2ccc(Cl)cc2)C=C(C)C1=O. The maximum Gasteiger partial charge on any atom is 0.184 e. The molecule has 1 aliphatic carbocycles. The van der Waals surface area contributed by atoms with E-state index in [9.17, 15) is 4.79 Å². The maximum atomic E-state index is 12.1. The van der Waals surface area contributed by atoms with Gasteiger partial charge in [-0.2, -0.15) is 0 Å². The highest BCUT2D eigenvalue weighted by molar-refractivity contribution is 6.31. The van der Waals surface area contributed by atoms with Crippen molar-refractivity contribution < 1.29 is 4.79 Å². The molecule has 0 bridgehead atoms. The summed E-state index contributed by atoms with van der Waals surface area (Å²) in [6.07, 6.45) is 3.88. The summed E-state index contributed by atoms with van der Waals surface area (Å²) in [4.78, 5) is 12.1. The highest BCUT2D eigenvalue weighted by Crippen LogP contribution is 2.33. The topological polar surface area (TPSA) is 17.1 Å². The quantitative estimate of drug-likeness (QED) is 0.620. The summed E-state index contributed by atoms with van der Waals surface area (Å²) in [6, 6.07) is 15.4. The number of hydrogen-bond donors (Lipinski definition) is 0. The van der Waals surface area contributed by atoms with E-state index in [1.54, 1.807) is 0 Å². The molecule has 0 radical (unpaired) electrons. The maximum absolute atomic E-state index is 12.1. The van der Waals surface area contributed by atoms with Gasteiger partial charge >= 0.3 is 0 Å². The molecular formula is C21H16Cl2O. The van der Waals surface area contributed by atoms with Crippen LogP contribution in [0.15, 0.2) is 77.4 Å². The van der Waals surface area contributed by atoms with E-state index < -0.39 is 0 Å². The highest BCUT2D eigenvalue weighted by atomic mass is 35.5. The second-order valence-corrected chi connectivity index (χ2v) is 6.70. The summed E-state index contributed by atoms with van der Waals surface area (Å²) in [5, 5.41) is 1.38. The smallest absolute Gasteiger partial charge is 0.184 e. The largest absolute Gasteiger partial charge is 0.289 e. The van der Waals surface area contributed by atoms with Crippen molar-refractivity contribution in [1.29, 1.82) is 0 Å². The number of halogens is 2. The van der Waals surface area contributed by atoms with E-state index in [0.29, 0.717) is 10.0 Å². The van der Waals surface area contributed by atoms with Crippen molar-refractivity contribution in [2.24, 2.45) is 0 Å². The summed E-state index contributed by atoms with van der Waals surface area (Å²) in [7, 11) is 0. The Balaban J connectivity index is 2.26. The van der Waals surface area contributed by atoms with Gasteiger partial charge in [-0.05, 0) is 83.7 Å². The first-order valence-corrected chi connectivity index (χ1v) is 8.39. The number of Topliss-reactive ketones (excluding diaryl/α,β-unsaturated/α-hetero) is 1. The van der Waals surface area contributed by atoms with E-state index in [-0.39, 0.29) is 5.78 Å². The number of benzene rings is 2. The van der Waals surface area contributed by atoms with Crippen molar-refractivity contribution in [3.8, 4) is 0 Å². The first-order valence-electron chi connectivity index (χ1n) is 7.63. The lowest BCUT2D eigenvalue weighted by atomic mass is 9.87. The van der Waals surface area contributed by atoms with Gasteiger partial charge in [0.15, 0.2) is 5.78 Å². The number of allylic oxidation sites excluding steroid dienone is 5. The van der Waals surface area contributed by atoms with Gasteiger partial charge in [0.2, 0.25) is 0 Å². The molecule has 1 aliphatic rings. The van der Waals surface area contributed by atoms with Crippen LogP contribution in [-0.4, -0.2) is 5.78 Å². The summed E-state index contributed by atoms with van der Waals surface area (Å²) in [6.45, 7) is 3.69. The van der Waals surface area contributed by atoms with Gasteiger partial charge in [0.25, 0.3) is 0 Å². The minimum Gasteiger partial charge on any atom is -0.289 e. The van der Waals surface area contributed by atoms with E-state index in [4.69, 9.17) is 23.2 Å². The Kier molecular flexibility index (Phi) is 4.75. The monoisotopic (exact) mass is 354 g/mol. The molecule has 2 aromatic rings. The molecule has 24 heavy (non-hydrogen) atoms. The molecule has 0 unspecified atom stereocenters. The molecule has 0 saturated carbocycles. The minimum atomic E-state index is 0.0883. The van der Waals surface area contributed by atoms with Gasteiger partial charge < -0.3 is 0 Å². The Bertz CT molecular complexity index is 811. The first kappa shape index (κ1) is 16.8. The van der Waals surface area contributed by atoms with Gasteiger partial charge in [-0.15, -0.1) is 0 Å². The molecule has 0 atom stereocenters. The van der Waals surface area contributed by atoms with E-state index in [1.165, 1.54) is 0 Å². The lowest BCUT2D eigenvalue weighted by molar-refractivity contribution is -0.112. The summed E-state index contributed by atoms with van der Waals surface area (Å²) < 4.78 is 0. The fourth-order valence-corrected chi connectivity index (χ4v) is 3.08. The average molecular weight is 355 g/mol. The Morgan fingerprint density at radius 1 is 0.708 bits per heavy atom. The number of hydrogen-bond acceptors (Lipinski definition) is 1. The van der Waals surface area contributed by atoms with Crippen LogP contribution in [0.1, 0.15) is 25.0 Å². The van der Waals surface area contributed by atoms with Crippen molar-refractivity contribution in [1.82, 2.24) is 0 Å². The highest BCUT2D eigenvalue weighted by Gasteiger charge is 2.17. The molecule has 0 aliphatic heterocycles. The van der Waals surface area contributed by atoms with Crippen LogP contribution in [0.3, 0.4) is 0 Å². The van der Waals surface area contributed by atoms with Crippen molar-refractivity contribution in [3.63, 3.8) is 0 Å². The molecular weight excluding hydrogens is 339 g/mol. The first-order chi connectivity index (χ1) is 11.5.